The smallest absolute Gasteiger partial charge is 0.434 e. The predicted octanol–water partition coefficient (Wildman–Crippen LogP) is 5.32. The number of carbonyl (C=O) groups excluding carboxylic acids is 2. The predicted molar refractivity (Wildman–Crippen MR) is 118 cm³/mol. The van der Waals surface area contributed by atoms with E-state index in [0.717, 1.165) is 6.20 Å². The molecular weight excluding hydrogens is 473 g/mol. The van der Waals surface area contributed by atoms with E-state index in [0.29, 0.717) is 21.0 Å². The highest BCUT2D eigenvalue weighted by atomic mass is 35.5. The van der Waals surface area contributed by atoms with Crippen molar-refractivity contribution in [2.75, 3.05) is 5.32 Å². The molecular formula is C23H16ClF3N4O3. The first-order chi connectivity index (χ1) is 16.2. The van der Waals surface area contributed by atoms with Crippen LogP contribution in [0.3, 0.4) is 0 Å². The molecule has 0 aliphatic carbocycles. The van der Waals surface area contributed by atoms with Gasteiger partial charge in [-0.1, -0.05) is 23.7 Å². The second-order valence-electron chi connectivity index (χ2n) is 7.11. The van der Waals surface area contributed by atoms with Crippen LogP contribution < -0.4 is 10.6 Å². The summed E-state index contributed by atoms with van der Waals surface area (Å²) >= 11 is 5.80. The summed E-state index contributed by atoms with van der Waals surface area (Å²) < 4.78 is 47.1. The summed E-state index contributed by atoms with van der Waals surface area (Å²) in [6.07, 6.45) is -2.60. The molecule has 0 atom stereocenters. The van der Waals surface area contributed by atoms with Crippen molar-refractivity contribution in [3.63, 3.8) is 0 Å². The largest absolute Gasteiger partial charge is 0.459 e. The first-order valence-electron chi connectivity index (χ1n) is 9.85. The maximum Gasteiger partial charge on any atom is 0.434 e. The van der Waals surface area contributed by atoms with E-state index in [2.05, 4.69) is 15.7 Å². The van der Waals surface area contributed by atoms with Crippen LogP contribution in [0.5, 0.6) is 0 Å². The fraction of sp³-hybridized carbons (Fsp3) is 0.0870. The van der Waals surface area contributed by atoms with Crippen molar-refractivity contribution < 1.29 is 27.2 Å². The van der Waals surface area contributed by atoms with Gasteiger partial charge in [-0.05, 0) is 54.1 Å². The van der Waals surface area contributed by atoms with Crippen molar-refractivity contribution in [1.29, 1.82) is 0 Å². The molecule has 11 heteroatoms. The molecule has 0 aliphatic rings. The summed E-state index contributed by atoms with van der Waals surface area (Å²) in [6, 6.07) is 15.2. The molecule has 2 N–H and O–H groups in total. The lowest BCUT2D eigenvalue weighted by Crippen LogP contribution is -2.26. The minimum absolute atomic E-state index is 0.0767. The maximum absolute atomic E-state index is 13.8. The van der Waals surface area contributed by atoms with Crippen LogP contribution in [0.25, 0.3) is 5.69 Å². The third-order valence-corrected chi connectivity index (χ3v) is 4.99. The lowest BCUT2D eigenvalue weighted by Gasteiger charge is -2.13. The monoisotopic (exact) mass is 488 g/mol. The van der Waals surface area contributed by atoms with E-state index >= 15 is 0 Å². The number of rotatable bonds is 6. The highest BCUT2D eigenvalue weighted by molar-refractivity contribution is 6.30. The van der Waals surface area contributed by atoms with Gasteiger partial charge in [-0.15, -0.1) is 0 Å². The molecule has 0 fully saturated rings. The number of hydrogen-bond donors (Lipinski definition) is 2. The van der Waals surface area contributed by atoms with Gasteiger partial charge in [0.2, 0.25) is 0 Å². The minimum atomic E-state index is -4.83. The molecule has 4 aromatic rings. The third-order valence-electron chi connectivity index (χ3n) is 4.74. The fourth-order valence-electron chi connectivity index (χ4n) is 3.20. The molecule has 34 heavy (non-hydrogen) atoms. The van der Waals surface area contributed by atoms with Gasteiger partial charge in [0.25, 0.3) is 11.8 Å². The molecule has 2 amide bonds. The zero-order valence-corrected chi connectivity index (χ0v) is 18.0. The molecule has 4 rings (SSSR count). The lowest BCUT2D eigenvalue weighted by molar-refractivity contribution is -0.143. The van der Waals surface area contributed by atoms with E-state index in [4.69, 9.17) is 16.0 Å². The van der Waals surface area contributed by atoms with Crippen LogP contribution >= 0.6 is 11.6 Å². The first-order valence-corrected chi connectivity index (χ1v) is 10.2. The minimum Gasteiger partial charge on any atom is -0.459 e. The molecule has 0 unspecified atom stereocenters. The number of hydrogen-bond acceptors (Lipinski definition) is 4. The van der Waals surface area contributed by atoms with Gasteiger partial charge >= 0.3 is 6.18 Å². The molecule has 0 bridgehead atoms. The Morgan fingerprint density at radius 3 is 2.47 bits per heavy atom. The summed E-state index contributed by atoms with van der Waals surface area (Å²) in [5.74, 6) is -1.29. The van der Waals surface area contributed by atoms with Gasteiger partial charge < -0.3 is 15.1 Å². The number of aromatic nitrogens is 2. The molecule has 2 aromatic carbocycles. The van der Waals surface area contributed by atoms with Gasteiger partial charge in [0, 0.05) is 17.3 Å². The number of anilines is 1. The molecule has 174 valence electrons. The van der Waals surface area contributed by atoms with Gasteiger partial charge in [0.05, 0.1) is 23.7 Å². The van der Waals surface area contributed by atoms with Gasteiger partial charge in [-0.25, -0.2) is 4.68 Å². The van der Waals surface area contributed by atoms with E-state index in [1.165, 1.54) is 36.6 Å². The summed E-state index contributed by atoms with van der Waals surface area (Å²) in [5.41, 5.74) is -0.726. The van der Waals surface area contributed by atoms with Crippen LogP contribution in [0.2, 0.25) is 5.02 Å². The molecule has 2 aromatic heterocycles. The van der Waals surface area contributed by atoms with E-state index in [1.807, 2.05) is 0 Å². The van der Waals surface area contributed by atoms with E-state index in [1.54, 1.807) is 30.3 Å². The number of alkyl halides is 3. The van der Waals surface area contributed by atoms with Crippen molar-refractivity contribution in [2.24, 2.45) is 0 Å². The molecule has 0 saturated heterocycles. The van der Waals surface area contributed by atoms with Crippen molar-refractivity contribution >= 4 is 29.1 Å². The van der Waals surface area contributed by atoms with Crippen LogP contribution in [-0.4, -0.2) is 21.6 Å². The maximum atomic E-state index is 13.8. The quantitative estimate of drug-likeness (QED) is 0.384. The average Bonchev–Trinajstić information content (AvgIpc) is 3.48. The Kier molecular flexibility index (Phi) is 6.42. The van der Waals surface area contributed by atoms with E-state index in [-0.39, 0.29) is 18.0 Å². The van der Waals surface area contributed by atoms with Crippen LogP contribution in [0.4, 0.5) is 18.9 Å². The van der Waals surface area contributed by atoms with Gasteiger partial charge in [0.1, 0.15) is 0 Å². The zero-order valence-electron chi connectivity index (χ0n) is 17.3. The third kappa shape index (κ3) is 5.12. The summed E-state index contributed by atoms with van der Waals surface area (Å²) in [7, 11) is 0. The highest BCUT2D eigenvalue weighted by Gasteiger charge is 2.40. The normalized spacial score (nSPS) is 11.3. The topological polar surface area (TPSA) is 89.2 Å². The summed E-state index contributed by atoms with van der Waals surface area (Å²) in [5, 5.41) is 9.22. The van der Waals surface area contributed by atoms with E-state index in [9.17, 15) is 22.8 Å². The van der Waals surface area contributed by atoms with Crippen LogP contribution in [0.15, 0.2) is 77.5 Å². The summed E-state index contributed by atoms with van der Waals surface area (Å²) in [4.78, 5) is 24.7. The first kappa shape index (κ1) is 23.1. The van der Waals surface area contributed by atoms with Crippen molar-refractivity contribution in [3.8, 4) is 5.69 Å². The Bertz CT molecular complexity index is 1320. The van der Waals surface area contributed by atoms with Crippen LogP contribution in [0.1, 0.15) is 32.2 Å². The Labute approximate surface area is 196 Å². The standard InChI is InChI=1S/C23H16ClF3N4O3/c24-15-6-8-17(9-7-15)31-20(23(25,26)27)18(13-29-31)21(32)28-12-14-3-1-4-16(11-14)30-22(33)19-5-2-10-34-19/h1-11,13H,12H2,(H,28,32)(H,30,33). The molecule has 2 heterocycles. The Morgan fingerprint density at radius 1 is 1.03 bits per heavy atom. The van der Waals surface area contributed by atoms with Crippen LogP contribution in [-0.2, 0) is 12.7 Å². The molecule has 7 nitrogen and oxygen atoms in total. The molecule has 0 radical (unpaired) electrons. The average molecular weight is 489 g/mol. The SMILES string of the molecule is O=C(Nc1cccc(CNC(=O)c2cnn(-c3ccc(Cl)cc3)c2C(F)(F)F)c1)c1ccco1. The van der Waals surface area contributed by atoms with Crippen molar-refractivity contribution in [3.05, 3.63) is 101 Å². The zero-order chi connectivity index (χ0) is 24.3. The van der Waals surface area contributed by atoms with Crippen LogP contribution in [0, 0.1) is 0 Å². The van der Waals surface area contributed by atoms with Gasteiger partial charge in [0.15, 0.2) is 11.5 Å². The molecule has 0 saturated carbocycles. The number of nitrogens with zero attached hydrogens (tertiary/aromatic N) is 2. The van der Waals surface area contributed by atoms with Crippen molar-refractivity contribution in [1.82, 2.24) is 15.1 Å². The number of furan rings is 1. The molecule has 0 spiro atoms. The Balaban J connectivity index is 1.50. The Hall–Kier alpha value is -4.05. The van der Waals surface area contributed by atoms with Gasteiger partial charge in [-0.2, -0.15) is 18.3 Å². The second kappa shape index (κ2) is 9.44. The number of amides is 2. The Morgan fingerprint density at radius 2 is 1.79 bits per heavy atom. The summed E-state index contributed by atoms with van der Waals surface area (Å²) in [6.45, 7) is -0.0767. The highest BCUT2D eigenvalue weighted by Crippen LogP contribution is 2.34. The van der Waals surface area contributed by atoms with E-state index < -0.39 is 29.2 Å². The van der Waals surface area contributed by atoms with Crippen molar-refractivity contribution in [2.45, 2.75) is 12.7 Å². The number of nitrogens with one attached hydrogen (secondary N) is 2. The number of halogens is 4. The number of benzene rings is 2. The second-order valence-corrected chi connectivity index (χ2v) is 7.54. The fourth-order valence-corrected chi connectivity index (χ4v) is 3.33. The van der Waals surface area contributed by atoms with Gasteiger partial charge in [-0.3, -0.25) is 9.59 Å². The number of carbonyl (C=O) groups is 2. The lowest BCUT2D eigenvalue weighted by atomic mass is 10.1. The molecule has 0 aliphatic heterocycles.